The summed E-state index contributed by atoms with van der Waals surface area (Å²) in [6, 6.07) is 19.3. The van der Waals surface area contributed by atoms with E-state index in [0.717, 1.165) is 43.2 Å². The minimum Gasteiger partial charge on any atom is -0.396 e. The van der Waals surface area contributed by atoms with Crippen LogP contribution in [0.15, 0.2) is 84.6 Å². The molecular weight excluding hydrogens is 625 g/mol. The van der Waals surface area contributed by atoms with Crippen molar-refractivity contribution in [3.63, 3.8) is 0 Å². The number of carbonyl (C=O) groups is 1. The predicted octanol–water partition coefficient (Wildman–Crippen LogP) is 3.90. The number of hydrogen-bond donors (Lipinski definition) is 5. The van der Waals surface area contributed by atoms with Crippen molar-refractivity contribution in [2.24, 2.45) is 0 Å². The molecule has 0 radical (unpaired) electrons. The third-order valence-electron chi connectivity index (χ3n) is 7.72. The molecule has 4 rings (SSSR count). The Labute approximate surface area is 273 Å². The number of allylic oxidation sites excluding steroid dienone is 2. The summed E-state index contributed by atoms with van der Waals surface area (Å²) >= 11 is 0. The van der Waals surface area contributed by atoms with E-state index in [-0.39, 0.29) is 68.7 Å². The Morgan fingerprint density at radius 3 is 2.32 bits per heavy atom. The Morgan fingerprint density at radius 2 is 1.66 bits per heavy atom. The van der Waals surface area contributed by atoms with E-state index in [1.807, 2.05) is 72.8 Å². The van der Waals surface area contributed by atoms with Crippen LogP contribution in [0.5, 0.6) is 0 Å². The van der Waals surface area contributed by atoms with Gasteiger partial charge in [0, 0.05) is 31.7 Å². The first-order valence-corrected chi connectivity index (χ1v) is 16.4. The molecule has 2 aromatic rings. The van der Waals surface area contributed by atoms with Crippen molar-refractivity contribution in [2.75, 3.05) is 32.1 Å². The van der Waals surface area contributed by atoms with Crippen LogP contribution in [0.25, 0.3) is 0 Å². The molecule has 2 aromatic carbocycles. The van der Waals surface area contributed by atoms with Gasteiger partial charge in [0.2, 0.25) is 15.6 Å². The Kier molecular flexibility index (Phi) is 15.9. The Morgan fingerprint density at radius 1 is 1.00 bits per heavy atom. The van der Waals surface area contributed by atoms with Gasteiger partial charge in [-0.25, -0.2) is 13.1 Å². The Balaban J connectivity index is 0.00000337. The van der Waals surface area contributed by atoms with Gasteiger partial charge in [-0.05, 0) is 36.5 Å². The first kappa shape index (κ1) is 37.7. The fraction of sp³-hybridized carbons (Fsp3) is 0.469. The highest BCUT2D eigenvalue weighted by Gasteiger charge is 2.45. The fourth-order valence-electron chi connectivity index (χ4n) is 5.42. The molecule has 0 saturated heterocycles. The number of rotatable bonds is 15. The molecule has 0 spiro atoms. The molecule has 1 amide bonds. The van der Waals surface area contributed by atoms with Crippen LogP contribution in [-0.4, -0.2) is 68.2 Å². The van der Waals surface area contributed by atoms with Crippen molar-refractivity contribution in [1.82, 2.24) is 15.4 Å². The first-order chi connectivity index (χ1) is 20.3. The lowest BCUT2D eigenvalue weighted by Gasteiger charge is -2.38. The highest BCUT2D eigenvalue weighted by atomic mass is 35.5. The lowest BCUT2D eigenvalue weighted by Crippen LogP contribution is -2.56. The number of halogens is 2. The van der Waals surface area contributed by atoms with E-state index in [0.29, 0.717) is 12.2 Å². The molecule has 0 aromatic heterocycles. The van der Waals surface area contributed by atoms with Crippen LogP contribution in [0.1, 0.15) is 61.7 Å². The third kappa shape index (κ3) is 10.6. The van der Waals surface area contributed by atoms with Crippen molar-refractivity contribution in [3.05, 3.63) is 95.7 Å². The van der Waals surface area contributed by atoms with Gasteiger partial charge in [-0.3, -0.25) is 4.79 Å². The number of aliphatic hydroxyl groups excluding tert-OH is 2. The van der Waals surface area contributed by atoms with Crippen LogP contribution in [0, 0.1) is 0 Å². The number of carbonyl (C=O) groups excluding carboxylic acids is 1. The van der Waals surface area contributed by atoms with Gasteiger partial charge in [0.1, 0.15) is 0 Å². The molecule has 44 heavy (non-hydrogen) atoms. The zero-order valence-electron chi connectivity index (χ0n) is 24.8. The van der Waals surface area contributed by atoms with Gasteiger partial charge in [-0.15, -0.1) is 24.8 Å². The number of nitrogens with one attached hydrogen (secondary N) is 3. The molecule has 5 N–H and O–H groups in total. The lowest BCUT2D eigenvalue weighted by atomic mass is 9.83. The molecular formula is C32H45Cl2N3O6S. The van der Waals surface area contributed by atoms with E-state index >= 15 is 0 Å². The molecule has 1 saturated carbocycles. The van der Waals surface area contributed by atoms with Crippen molar-refractivity contribution in [1.29, 1.82) is 0 Å². The van der Waals surface area contributed by atoms with Crippen molar-refractivity contribution >= 4 is 40.7 Å². The third-order valence-corrected chi connectivity index (χ3v) is 9.04. The largest absolute Gasteiger partial charge is 0.396 e. The first-order valence-electron chi connectivity index (χ1n) is 14.8. The topological polar surface area (TPSA) is 137 Å². The molecule has 3 atom stereocenters. The van der Waals surface area contributed by atoms with Gasteiger partial charge in [0.15, 0.2) is 0 Å². The van der Waals surface area contributed by atoms with E-state index in [2.05, 4.69) is 15.4 Å². The molecule has 2 aliphatic carbocycles. The standard InChI is InChI=1S/C32H43N3O6S.2ClH/c36-20-10-22-42(39,40)35-31(38)32(41-21-19-33-24-29(37)26-13-6-2-7-14-26)18-17-27(25-11-4-1-5-12-25)23-30(32)34-28-15-8-3-9-16-28;;/h1-2,4-7,11-14,17-18,23,27-29,33-34,36-37H,3,8-10,15-16,19-22,24H2,(H,35,38);2*1H/t27?,29-,32?;;/m0../s1. The Hall–Kier alpha value is -2.44. The van der Waals surface area contributed by atoms with Crippen LogP contribution in [-0.2, 0) is 19.6 Å². The van der Waals surface area contributed by atoms with E-state index in [1.54, 1.807) is 6.08 Å². The average Bonchev–Trinajstić information content (AvgIpc) is 3.01. The number of ether oxygens (including phenoxy) is 1. The summed E-state index contributed by atoms with van der Waals surface area (Å²) in [6.07, 6.45) is 10.00. The van der Waals surface area contributed by atoms with E-state index < -0.39 is 27.6 Å². The number of aliphatic hydroxyl groups is 2. The van der Waals surface area contributed by atoms with Crippen LogP contribution >= 0.6 is 24.8 Å². The predicted molar refractivity (Wildman–Crippen MR) is 177 cm³/mol. The van der Waals surface area contributed by atoms with Gasteiger partial charge in [0.25, 0.3) is 5.91 Å². The molecule has 2 unspecified atom stereocenters. The zero-order chi connectivity index (χ0) is 29.8. The minimum atomic E-state index is -4.01. The summed E-state index contributed by atoms with van der Waals surface area (Å²) in [7, 11) is -4.01. The highest BCUT2D eigenvalue weighted by molar-refractivity contribution is 7.90. The molecule has 244 valence electrons. The Bertz CT molecular complexity index is 1310. The maximum Gasteiger partial charge on any atom is 0.275 e. The van der Waals surface area contributed by atoms with Crippen LogP contribution in [0.2, 0.25) is 0 Å². The second-order valence-corrected chi connectivity index (χ2v) is 12.7. The van der Waals surface area contributed by atoms with Gasteiger partial charge >= 0.3 is 0 Å². The molecule has 9 nitrogen and oxygen atoms in total. The van der Waals surface area contributed by atoms with E-state index in [1.165, 1.54) is 0 Å². The van der Waals surface area contributed by atoms with E-state index in [9.17, 15) is 18.3 Å². The SMILES string of the molecule is Cl.Cl.O=C(NS(=O)(=O)CCCO)C1(OCCNC[C@H](O)c2ccccc2)C=CC(c2ccccc2)C=C1NC1CCCCC1. The number of sulfonamides is 1. The monoisotopic (exact) mass is 669 g/mol. The quantitative estimate of drug-likeness (QED) is 0.142. The van der Waals surface area contributed by atoms with Crippen LogP contribution in [0.3, 0.4) is 0 Å². The summed E-state index contributed by atoms with van der Waals surface area (Å²) in [5.74, 6) is -1.32. The molecule has 0 heterocycles. The number of benzene rings is 2. The average molecular weight is 671 g/mol. The van der Waals surface area contributed by atoms with Crippen molar-refractivity contribution < 1.29 is 28.2 Å². The lowest BCUT2D eigenvalue weighted by molar-refractivity contribution is -0.136. The van der Waals surface area contributed by atoms with Gasteiger partial charge in [0.05, 0.1) is 24.2 Å². The second-order valence-electron chi connectivity index (χ2n) is 10.9. The van der Waals surface area contributed by atoms with Crippen molar-refractivity contribution in [3.8, 4) is 0 Å². The highest BCUT2D eigenvalue weighted by Crippen LogP contribution is 2.35. The van der Waals surface area contributed by atoms with E-state index in [4.69, 9.17) is 9.84 Å². The minimum absolute atomic E-state index is 0. The smallest absolute Gasteiger partial charge is 0.275 e. The summed E-state index contributed by atoms with van der Waals surface area (Å²) < 4.78 is 34.0. The maximum atomic E-state index is 13.9. The van der Waals surface area contributed by atoms with Crippen LogP contribution in [0.4, 0.5) is 0 Å². The molecule has 0 aliphatic heterocycles. The summed E-state index contributed by atoms with van der Waals surface area (Å²) in [5, 5.41) is 26.4. The van der Waals surface area contributed by atoms with Crippen molar-refractivity contribution in [2.45, 2.75) is 62.2 Å². The number of hydrogen-bond acceptors (Lipinski definition) is 8. The molecule has 1 fully saturated rings. The zero-order valence-corrected chi connectivity index (χ0v) is 27.2. The summed E-state index contributed by atoms with van der Waals surface area (Å²) in [5.41, 5.74) is 0.649. The summed E-state index contributed by atoms with van der Waals surface area (Å²) in [4.78, 5) is 13.9. The number of amides is 1. The molecule has 0 bridgehead atoms. The second kappa shape index (κ2) is 18.5. The molecule has 2 aliphatic rings. The van der Waals surface area contributed by atoms with Gasteiger partial charge < -0.3 is 25.6 Å². The maximum absolute atomic E-state index is 13.9. The summed E-state index contributed by atoms with van der Waals surface area (Å²) in [6.45, 7) is 0.389. The fourth-order valence-corrected chi connectivity index (χ4v) is 6.47. The molecule has 12 heteroatoms. The van der Waals surface area contributed by atoms with Gasteiger partial charge in [-0.1, -0.05) is 92.1 Å². The normalized spacial score (nSPS) is 20.9. The van der Waals surface area contributed by atoms with Crippen LogP contribution < -0.4 is 15.4 Å². The van der Waals surface area contributed by atoms with Gasteiger partial charge in [-0.2, -0.15) is 0 Å².